The van der Waals surface area contributed by atoms with E-state index in [1.54, 1.807) is 0 Å². The minimum Gasteiger partial charge on any atom is -0.394 e. The van der Waals surface area contributed by atoms with Gasteiger partial charge in [0, 0.05) is 6.42 Å². The van der Waals surface area contributed by atoms with E-state index in [1.165, 1.54) is 6.92 Å². The van der Waals surface area contributed by atoms with E-state index < -0.39 is 24.1 Å². The molecular formula is C14H20O5. The van der Waals surface area contributed by atoms with Crippen LogP contribution >= 0.6 is 0 Å². The summed E-state index contributed by atoms with van der Waals surface area (Å²) in [5, 5.41) is 29.2. The summed E-state index contributed by atoms with van der Waals surface area (Å²) >= 11 is 0. The third kappa shape index (κ3) is 3.32. The van der Waals surface area contributed by atoms with Gasteiger partial charge in [0.1, 0.15) is 5.60 Å². The van der Waals surface area contributed by atoms with Gasteiger partial charge in [-0.1, -0.05) is 30.3 Å². The van der Waals surface area contributed by atoms with Crippen LogP contribution in [0.2, 0.25) is 0 Å². The van der Waals surface area contributed by atoms with E-state index in [0.717, 1.165) is 5.56 Å². The summed E-state index contributed by atoms with van der Waals surface area (Å²) in [6.07, 6.45) is -2.28. The zero-order valence-corrected chi connectivity index (χ0v) is 10.9. The lowest BCUT2D eigenvalue weighted by Gasteiger charge is -2.43. The molecule has 5 nitrogen and oxygen atoms in total. The molecule has 1 heterocycles. The summed E-state index contributed by atoms with van der Waals surface area (Å²) < 4.78 is 11.0. The van der Waals surface area contributed by atoms with Gasteiger partial charge in [-0.25, -0.2) is 0 Å². The molecule has 3 N–H and O–H groups in total. The van der Waals surface area contributed by atoms with Crippen molar-refractivity contribution in [2.45, 2.75) is 44.1 Å². The van der Waals surface area contributed by atoms with Crippen LogP contribution < -0.4 is 0 Å². The molecule has 1 aliphatic heterocycles. The van der Waals surface area contributed by atoms with E-state index in [-0.39, 0.29) is 19.6 Å². The van der Waals surface area contributed by atoms with Gasteiger partial charge in [-0.05, 0) is 12.5 Å². The van der Waals surface area contributed by atoms with Gasteiger partial charge < -0.3 is 24.8 Å². The molecule has 1 aromatic carbocycles. The number of rotatable bonds is 4. The lowest BCUT2D eigenvalue weighted by Crippen LogP contribution is -2.58. The molecule has 106 valence electrons. The van der Waals surface area contributed by atoms with Crippen LogP contribution in [0.5, 0.6) is 0 Å². The van der Waals surface area contributed by atoms with E-state index in [2.05, 4.69) is 0 Å². The minimum atomic E-state index is -1.49. The zero-order valence-electron chi connectivity index (χ0n) is 10.9. The van der Waals surface area contributed by atoms with Crippen LogP contribution in [0.3, 0.4) is 0 Å². The molecule has 19 heavy (non-hydrogen) atoms. The number of benzene rings is 1. The van der Waals surface area contributed by atoms with Gasteiger partial charge in [0.2, 0.25) is 0 Å². The average Bonchev–Trinajstić information content (AvgIpc) is 2.41. The van der Waals surface area contributed by atoms with E-state index in [0.29, 0.717) is 0 Å². The minimum absolute atomic E-state index is 0.189. The molecule has 0 amide bonds. The van der Waals surface area contributed by atoms with Crippen LogP contribution in [0, 0.1) is 0 Å². The highest BCUT2D eigenvalue weighted by atomic mass is 16.7. The molecule has 2 rings (SSSR count). The predicted octanol–water partition coefficient (Wildman–Crippen LogP) is 0.422. The van der Waals surface area contributed by atoms with Crippen molar-refractivity contribution in [2.24, 2.45) is 0 Å². The SMILES string of the molecule is CC1(O)C(O)CC(CO)OC1OCc1ccccc1. The standard InChI is InChI=1S/C14H20O5/c1-14(17)12(16)7-11(8-15)19-13(14)18-9-10-5-3-2-4-6-10/h2-6,11-13,15-17H,7-9H2,1H3. The fourth-order valence-electron chi connectivity index (χ4n) is 2.08. The second-order valence-electron chi connectivity index (χ2n) is 5.05. The molecule has 0 radical (unpaired) electrons. The Balaban J connectivity index is 2.00. The summed E-state index contributed by atoms with van der Waals surface area (Å²) in [6.45, 7) is 1.53. The van der Waals surface area contributed by atoms with Crippen molar-refractivity contribution >= 4 is 0 Å². The summed E-state index contributed by atoms with van der Waals surface area (Å²) in [5.74, 6) is 0. The van der Waals surface area contributed by atoms with Gasteiger partial charge in [-0.2, -0.15) is 0 Å². The Hall–Kier alpha value is -0.980. The normalized spacial score (nSPS) is 35.3. The lowest BCUT2D eigenvalue weighted by molar-refractivity contribution is -0.312. The molecule has 0 aliphatic carbocycles. The maximum Gasteiger partial charge on any atom is 0.189 e. The first-order chi connectivity index (χ1) is 9.04. The molecule has 1 saturated heterocycles. The topological polar surface area (TPSA) is 79.2 Å². The van der Waals surface area contributed by atoms with Crippen molar-refractivity contribution in [3.8, 4) is 0 Å². The van der Waals surface area contributed by atoms with Gasteiger partial charge >= 0.3 is 0 Å². The fraction of sp³-hybridized carbons (Fsp3) is 0.571. The molecule has 0 spiro atoms. The predicted molar refractivity (Wildman–Crippen MR) is 68.2 cm³/mol. The van der Waals surface area contributed by atoms with Crippen molar-refractivity contribution in [1.82, 2.24) is 0 Å². The third-order valence-corrected chi connectivity index (χ3v) is 3.40. The Morgan fingerprint density at radius 3 is 2.68 bits per heavy atom. The van der Waals surface area contributed by atoms with Crippen LogP contribution in [-0.2, 0) is 16.1 Å². The van der Waals surface area contributed by atoms with Crippen molar-refractivity contribution in [3.05, 3.63) is 35.9 Å². The highest BCUT2D eigenvalue weighted by Gasteiger charge is 2.47. The largest absolute Gasteiger partial charge is 0.394 e. The molecule has 0 aromatic heterocycles. The quantitative estimate of drug-likeness (QED) is 0.737. The lowest BCUT2D eigenvalue weighted by atomic mass is 9.90. The van der Waals surface area contributed by atoms with Crippen LogP contribution in [0.25, 0.3) is 0 Å². The maximum absolute atomic E-state index is 10.2. The summed E-state index contributed by atoms with van der Waals surface area (Å²) in [4.78, 5) is 0. The van der Waals surface area contributed by atoms with Crippen LogP contribution in [0.4, 0.5) is 0 Å². The second kappa shape index (κ2) is 5.98. The highest BCUT2D eigenvalue weighted by Crippen LogP contribution is 2.30. The van der Waals surface area contributed by atoms with Crippen molar-refractivity contribution in [3.63, 3.8) is 0 Å². The van der Waals surface area contributed by atoms with Gasteiger partial charge in [0.15, 0.2) is 6.29 Å². The molecule has 5 heteroatoms. The Morgan fingerprint density at radius 1 is 1.37 bits per heavy atom. The van der Waals surface area contributed by atoms with Crippen LogP contribution in [0.15, 0.2) is 30.3 Å². The van der Waals surface area contributed by atoms with Gasteiger partial charge in [-0.15, -0.1) is 0 Å². The number of hydrogen-bond acceptors (Lipinski definition) is 5. The Labute approximate surface area is 112 Å². The van der Waals surface area contributed by atoms with E-state index in [4.69, 9.17) is 14.6 Å². The fourth-order valence-corrected chi connectivity index (χ4v) is 2.08. The monoisotopic (exact) mass is 268 g/mol. The van der Waals surface area contributed by atoms with Crippen molar-refractivity contribution in [1.29, 1.82) is 0 Å². The first kappa shape index (κ1) is 14.4. The van der Waals surface area contributed by atoms with Crippen molar-refractivity contribution in [2.75, 3.05) is 6.61 Å². The Morgan fingerprint density at radius 2 is 2.05 bits per heavy atom. The Bertz CT molecular complexity index is 392. The molecule has 0 saturated carbocycles. The van der Waals surface area contributed by atoms with E-state index in [9.17, 15) is 10.2 Å². The summed E-state index contributed by atoms with van der Waals surface area (Å²) in [5.41, 5.74) is -0.539. The van der Waals surface area contributed by atoms with E-state index >= 15 is 0 Å². The molecule has 0 bridgehead atoms. The van der Waals surface area contributed by atoms with Crippen LogP contribution in [0.1, 0.15) is 18.9 Å². The van der Waals surface area contributed by atoms with Gasteiger partial charge in [0.05, 0.1) is 25.4 Å². The Kier molecular flexibility index (Phi) is 4.54. The molecule has 1 aliphatic rings. The first-order valence-electron chi connectivity index (χ1n) is 6.36. The molecule has 1 fully saturated rings. The smallest absolute Gasteiger partial charge is 0.189 e. The average molecular weight is 268 g/mol. The van der Waals surface area contributed by atoms with Gasteiger partial charge in [0.25, 0.3) is 0 Å². The molecule has 1 aromatic rings. The van der Waals surface area contributed by atoms with Crippen LogP contribution in [-0.4, -0.2) is 46.0 Å². The number of aliphatic hydroxyl groups is 3. The number of aliphatic hydroxyl groups excluding tert-OH is 2. The number of hydrogen-bond donors (Lipinski definition) is 3. The van der Waals surface area contributed by atoms with Gasteiger partial charge in [-0.3, -0.25) is 0 Å². The summed E-state index contributed by atoms with van der Waals surface area (Å²) in [6, 6.07) is 9.49. The van der Waals surface area contributed by atoms with Crippen molar-refractivity contribution < 1.29 is 24.8 Å². The maximum atomic E-state index is 10.2. The highest BCUT2D eigenvalue weighted by molar-refractivity contribution is 5.13. The molecule has 4 unspecified atom stereocenters. The van der Waals surface area contributed by atoms with E-state index in [1.807, 2.05) is 30.3 Å². The second-order valence-corrected chi connectivity index (χ2v) is 5.05. The zero-order chi connectivity index (χ0) is 13.9. The number of ether oxygens (including phenoxy) is 2. The summed E-state index contributed by atoms with van der Waals surface area (Å²) in [7, 11) is 0. The third-order valence-electron chi connectivity index (χ3n) is 3.40. The molecule has 4 atom stereocenters. The first-order valence-corrected chi connectivity index (χ1v) is 6.36. The molecular weight excluding hydrogens is 248 g/mol.